The Balaban J connectivity index is 1.41. The van der Waals surface area contributed by atoms with Crippen LogP contribution >= 0.6 is 0 Å². The lowest BCUT2D eigenvalue weighted by atomic mass is 9.98. The monoisotopic (exact) mass is 447 g/mol. The van der Waals surface area contributed by atoms with E-state index in [9.17, 15) is 4.39 Å². The first-order valence-corrected chi connectivity index (χ1v) is 14.7. The maximum Gasteiger partial charge on any atom is 0.123 e. The van der Waals surface area contributed by atoms with Crippen LogP contribution in [0.4, 0.5) is 4.39 Å². The second kappa shape index (κ2) is 8.42. The molecule has 0 aliphatic heterocycles. The highest BCUT2D eigenvalue weighted by molar-refractivity contribution is 6.88. The van der Waals surface area contributed by atoms with Gasteiger partial charge >= 0.3 is 0 Å². The van der Waals surface area contributed by atoms with E-state index in [1.54, 1.807) is 12.1 Å². The summed E-state index contributed by atoms with van der Waals surface area (Å²) >= 11 is 0. The minimum Gasteiger partial charge on any atom is -0.256 e. The molecule has 3 heteroatoms. The number of nitrogens with zero attached hydrogens (tertiary/aromatic N) is 1. The van der Waals surface area contributed by atoms with Gasteiger partial charge in [-0.05, 0) is 69.9 Å². The fourth-order valence-electron chi connectivity index (χ4n) is 4.12. The summed E-state index contributed by atoms with van der Waals surface area (Å²) in [5.41, 5.74) is 6.43. The Labute approximate surface area is 195 Å². The van der Waals surface area contributed by atoms with Crippen molar-refractivity contribution < 1.29 is 4.39 Å². The average molecular weight is 448 g/mol. The highest BCUT2D eigenvalue weighted by atomic mass is 28.3. The first-order chi connectivity index (χ1) is 15.9. The topological polar surface area (TPSA) is 12.9 Å². The standard InChI is InChI=1S/C30H26FNSi/c1-33(2,3)29-15-10-21(11-16-29)23-4-5-25-19-26(7-6-24(25)18-23)27-12-17-30(32-20-27)22-8-13-28(31)14-9-22/h4-20H,1-3H3. The molecule has 0 fully saturated rings. The minimum absolute atomic E-state index is 0.238. The summed E-state index contributed by atoms with van der Waals surface area (Å²) < 4.78 is 13.2. The van der Waals surface area contributed by atoms with E-state index >= 15 is 0 Å². The number of hydrogen-bond donors (Lipinski definition) is 0. The Morgan fingerprint density at radius 2 is 1.06 bits per heavy atom. The molecule has 0 N–H and O–H groups in total. The lowest BCUT2D eigenvalue weighted by molar-refractivity contribution is 0.628. The molecular weight excluding hydrogens is 421 g/mol. The van der Waals surface area contributed by atoms with Crippen molar-refractivity contribution in [3.8, 4) is 33.5 Å². The third-order valence-electron chi connectivity index (χ3n) is 6.16. The molecule has 1 nitrogen and oxygen atoms in total. The Hall–Kier alpha value is -3.56. The van der Waals surface area contributed by atoms with Crippen LogP contribution in [0.15, 0.2) is 103 Å². The number of hydrogen-bond acceptors (Lipinski definition) is 1. The molecule has 0 unspecified atom stereocenters. The van der Waals surface area contributed by atoms with Crippen molar-refractivity contribution >= 4 is 24.0 Å². The Morgan fingerprint density at radius 3 is 1.61 bits per heavy atom. The van der Waals surface area contributed by atoms with Crippen LogP contribution in [0.5, 0.6) is 0 Å². The van der Waals surface area contributed by atoms with Gasteiger partial charge in [-0.3, -0.25) is 4.98 Å². The van der Waals surface area contributed by atoms with E-state index in [1.807, 2.05) is 12.3 Å². The lowest BCUT2D eigenvalue weighted by Crippen LogP contribution is -2.37. The first kappa shape index (κ1) is 21.3. The van der Waals surface area contributed by atoms with Crippen LogP contribution in [-0.4, -0.2) is 13.1 Å². The van der Waals surface area contributed by atoms with Gasteiger partial charge in [-0.25, -0.2) is 4.39 Å². The molecule has 33 heavy (non-hydrogen) atoms. The first-order valence-electron chi connectivity index (χ1n) is 11.2. The molecule has 0 bridgehead atoms. The molecule has 5 aromatic rings. The fourth-order valence-corrected chi connectivity index (χ4v) is 5.29. The smallest absolute Gasteiger partial charge is 0.123 e. The van der Waals surface area contributed by atoms with Crippen LogP contribution in [0, 0.1) is 5.82 Å². The highest BCUT2D eigenvalue weighted by Gasteiger charge is 2.15. The molecule has 0 atom stereocenters. The zero-order chi connectivity index (χ0) is 23.0. The summed E-state index contributed by atoms with van der Waals surface area (Å²) in [6.07, 6.45) is 1.88. The van der Waals surface area contributed by atoms with Crippen molar-refractivity contribution in [3.63, 3.8) is 0 Å². The minimum atomic E-state index is -1.28. The molecular formula is C30H26FNSi. The van der Waals surface area contributed by atoms with E-state index in [0.717, 1.165) is 22.4 Å². The number of pyridine rings is 1. The van der Waals surface area contributed by atoms with E-state index in [2.05, 4.69) is 91.4 Å². The summed E-state index contributed by atoms with van der Waals surface area (Å²) in [6, 6.07) is 32.8. The van der Waals surface area contributed by atoms with Gasteiger partial charge in [0.05, 0.1) is 13.8 Å². The van der Waals surface area contributed by atoms with Crippen LogP contribution in [0.3, 0.4) is 0 Å². The van der Waals surface area contributed by atoms with Crippen molar-refractivity contribution in [2.75, 3.05) is 0 Å². The van der Waals surface area contributed by atoms with Crippen LogP contribution in [-0.2, 0) is 0 Å². The van der Waals surface area contributed by atoms with Crippen molar-refractivity contribution in [1.29, 1.82) is 0 Å². The third-order valence-corrected chi connectivity index (χ3v) is 8.23. The van der Waals surface area contributed by atoms with Crippen LogP contribution in [0.25, 0.3) is 44.3 Å². The van der Waals surface area contributed by atoms with Gasteiger partial charge < -0.3 is 0 Å². The maximum absolute atomic E-state index is 13.2. The summed E-state index contributed by atoms with van der Waals surface area (Å²) in [5.74, 6) is -0.238. The quantitative estimate of drug-likeness (QED) is 0.255. The SMILES string of the molecule is C[Si](C)(C)c1ccc(-c2ccc3cc(-c4ccc(-c5ccc(F)cc5)nc4)ccc3c2)cc1. The maximum atomic E-state index is 13.2. The summed E-state index contributed by atoms with van der Waals surface area (Å²) in [4.78, 5) is 4.59. The molecule has 0 radical (unpaired) electrons. The predicted molar refractivity (Wildman–Crippen MR) is 141 cm³/mol. The van der Waals surface area contributed by atoms with E-state index in [4.69, 9.17) is 0 Å². The summed E-state index contributed by atoms with van der Waals surface area (Å²) in [5, 5.41) is 3.91. The van der Waals surface area contributed by atoms with Crippen LogP contribution in [0.1, 0.15) is 0 Å². The zero-order valence-electron chi connectivity index (χ0n) is 19.1. The van der Waals surface area contributed by atoms with Crippen molar-refractivity contribution in [3.05, 3.63) is 109 Å². The van der Waals surface area contributed by atoms with Crippen LogP contribution < -0.4 is 5.19 Å². The Kier molecular flexibility index (Phi) is 5.43. The van der Waals surface area contributed by atoms with Gasteiger partial charge in [-0.1, -0.05) is 79.4 Å². The van der Waals surface area contributed by atoms with Gasteiger partial charge in [0.15, 0.2) is 0 Å². The fraction of sp³-hybridized carbons (Fsp3) is 0.100. The van der Waals surface area contributed by atoms with E-state index in [0.29, 0.717) is 0 Å². The third kappa shape index (κ3) is 4.50. The average Bonchev–Trinajstić information content (AvgIpc) is 2.83. The molecule has 0 amide bonds. The van der Waals surface area contributed by atoms with E-state index in [1.165, 1.54) is 39.2 Å². The number of fused-ring (bicyclic) bond motifs is 1. The molecule has 1 aromatic heterocycles. The van der Waals surface area contributed by atoms with Gasteiger partial charge in [-0.15, -0.1) is 0 Å². The van der Waals surface area contributed by atoms with Gasteiger partial charge in [0.2, 0.25) is 0 Å². The Morgan fingerprint density at radius 1 is 0.545 bits per heavy atom. The highest BCUT2D eigenvalue weighted by Crippen LogP contribution is 2.29. The molecule has 162 valence electrons. The molecule has 0 saturated heterocycles. The number of rotatable bonds is 4. The molecule has 0 aliphatic carbocycles. The summed E-state index contributed by atoms with van der Waals surface area (Å²) in [6.45, 7) is 7.13. The van der Waals surface area contributed by atoms with Crippen molar-refractivity contribution in [1.82, 2.24) is 4.98 Å². The number of benzene rings is 4. The molecule has 0 saturated carbocycles. The Bertz CT molecular complexity index is 1410. The van der Waals surface area contributed by atoms with Gasteiger partial charge in [0, 0.05) is 17.3 Å². The second-order valence-corrected chi connectivity index (χ2v) is 14.6. The van der Waals surface area contributed by atoms with Gasteiger partial charge in [0.25, 0.3) is 0 Å². The molecule has 5 rings (SSSR count). The summed E-state index contributed by atoms with van der Waals surface area (Å²) in [7, 11) is -1.28. The predicted octanol–water partition coefficient (Wildman–Crippen LogP) is 7.92. The lowest BCUT2D eigenvalue weighted by Gasteiger charge is -2.17. The van der Waals surface area contributed by atoms with E-state index in [-0.39, 0.29) is 5.82 Å². The second-order valence-electron chi connectivity index (χ2n) is 9.54. The molecule has 0 spiro atoms. The molecule has 0 aliphatic rings. The normalized spacial score (nSPS) is 11.6. The van der Waals surface area contributed by atoms with Crippen LogP contribution in [0.2, 0.25) is 19.6 Å². The molecule has 4 aromatic carbocycles. The van der Waals surface area contributed by atoms with Crippen molar-refractivity contribution in [2.24, 2.45) is 0 Å². The number of halogens is 1. The van der Waals surface area contributed by atoms with Crippen molar-refractivity contribution in [2.45, 2.75) is 19.6 Å². The largest absolute Gasteiger partial charge is 0.256 e. The molecule has 1 heterocycles. The van der Waals surface area contributed by atoms with E-state index < -0.39 is 8.07 Å². The van der Waals surface area contributed by atoms with Gasteiger partial charge in [-0.2, -0.15) is 0 Å². The number of aromatic nitrogens is 1. The van der Waals surface area contributed by atoms with Gasteiger partial charge in [0.1, 0.15) is 5.82 Å². The zero-order valence-corrected chi connectivity index (χ0v) is 20.1.